The smallest absolute Gasteiger partial charge is 0.251 e. The van der Waals surface area contributed by atoms with Crippen molar-refractivity contribution in [2.24, 2.45) is 5.73 Å². The van der Waals surface area contributed by atoms with Crippen molar-refractivity contribution in [1.29, 1.82) is 0 Å². The van der Waals surface area contributed by atoms with Gasteiger partial charge in [-0.1, -0.05) is 42.5 Å². The zero-order valence-electron chi connectivity index (χ0n) is 12.3. The highest BCUT2D eigenvalue weighted by molar-refractivity contribution is 6.07. The number of aryl methyl sites for hydroxylation is 1. The van der Waals surface area contributed by atoms with E-state index in [2.05, 4.69) is 23.6 Å². The van der Waals surface area contributed by atoms with Crippen molar-refractivity contribution in [2.75, 3.05) is 0 Å². The van der Waals surface area contributed by atoms with Crippen molar-refractivity contribution in [3.8, 4) is 0 Å². The van der Waals surface area contributed by atoms with E-state index in [1.807, 2.05) is 43.3 Å². The molecule has 0 atom stereocenters. The molecule has 0 fully saturated rings. The van der Waals surface area contributed by atoms with E-state index in [0.29, 0.717) is 5.56 Å². The molecule has 3 rings (SSSR count). The molecule has 0 radical (unpaired) electrons. The third-order valence-corrected chi connectivity index (χ3v) is 4.07. The van der Waals surface area contributed by atoms with Crippen LogP contribution < -0.4 is 5.73 Å². The molecule has 3 nitrogen and oxygen atoms in total. The minimum atomic E-state index is -0.368. The van der Waals surface area contributed by atoms with E-state index in [1.54, 1.807) is 0 Å². The van der Waals surface area contributed by atoms with Gasteiger partial charge < -0.3 is 10.3 Å². The van der Waals surface area contributed by atoms with Crippen molar-refractivity contribution < 1.29 is 4.79 Å². The molecule has 0 bridgehead atoms. The zero-order valence-corrected chi connectivity index (χ0v) is 12.3. The van der Waals surface area contributed by atoms with Crippen molar-refractivity contribution in [1.82, 2.24) is 4.57 Å². The van der Waals surface area contributed by atoms with Crippen LogP contribution in [0.25, 0.3) is 10.9 Å². The first-order valence-electron chi connectivity index (χ1n) is 7.01. The Hall–Kier alpha value is -2.55. The lowest BCUT2D eigenvalue weighted by molar-refractivity contribution is 0.100. The van der Waals surface area contributed by atoms with E-state index in [9.17, 15) is 4.79 Å². The number of amides is 1. The van der Waals surface area contributed by atoms with Gasteiger partial charge in [0.25, 0.3) is 5.91 Å². The maximum absolute atomic E-state index is 11.8. The van der Waals surface area contributed by atoms with E-state index < -0.39 is 0 Å². The number of aromatic nitrogens is 1. The average Bonchev–Trinajstić information content (AvgIpc) is 2.74. The Morgan fingerprint density at radius 3 is 2.43 bits per heavy atom. The summed E-state index contributed by atoms with van der Waals surface area (Å²) in [5, 5.41) is 0.927. The summed E-state index contributed by atoms with van der Waals surface area (Å²) in [6.07, 6.45) is 0. The normalized spacial score (nSPS) is 11.0. The van der Waals surface area contributed by atoms with Crippen LogP contribution in [0.15, 0.2) is 48.5 Å². The fraction of sp³-hybridized carbons (Fsp3) is 0.167. The number of hydrogen-bond donors (Lipinski definition) is 1. The number of carbonyl (C=O) groups excluding carboxylic acids is 1. The van der Waals surface area contributed by atoms with Gasteiger partial charge in [-0.05, 0) is 31.0 Å². The molecule has 0 aliphatic rings. The van der Waals surface area contributed by atoms with Crippen LogP contribution >= 0.6 is 0 Å². The quantitative estimate of drug-likeness (QED) is 0.784. The molecule has 1 heterocycles. The Bertz CT molecular complexity index is 830. The summed E-state index contributed by atoms with van der Waals surface area (Å²) in [7, 11) is 0. The number of para-hydroxylation sites is 1. The number of nitrogens with zero attached hydrogens (tertiary/aromatic N) is 1. The average molecular weight is 278 g/mol. The number of rotatable bonds is 3. The molecule has 0 saturated carbocycles. The third-order valence-electron chi connectivity index (χ3n) is 4.07. The minimum Gasteiger partial charge on any atom is -0.366 e. The fourth-order valence-corrected chi connectivity index (χ4v) is 2.90. The lowest BCUT2D eigenvalue weighted by atomic mass is 10.1. The predicted octanol–water partition coefficient (Wildman–Crippen LogP) is 3.41. The highest BCUT2D eigenvalue weighted by atomic mass is 16.1. The number of primary amides is 1. The Kier molecular flexibility index (Phi) is 3.26. The van der Waals surface area contributed by atoms with Gasteiger partial charge in [-0.3, -0.25) is 4.79 Å². The number of hydrogen-bond acceptors (Lipinski definition) is 1. The summed E-state index contributed by atoms with van der Waals surface area (Å²) in [6.45, 7) is 4.80. The van der Waals surface area contributed by atoms with Crippen molar-refractivity contribution in [2.45, 2.75) is 20.4 Å². The van der Waals surface area contributed by atoms with Crippen LogP contribution in [-0.4, -0.2) is 10.5 Å². The van der Waals surface area contributed by atoms with Crippen LogP contribution in [0.4, 0.5) is 0 Å². The molecule has 106 valence electrons. The van der Waals surface area contributed by atoms with Gasteiger partial charge in [0.05, 0.1) is 5.56 Å². The topological polar surface area (TPSA) is 48.0 Å². The molecular weight excluding hydrogens is 260 g/mol. The molecule has 3 aromatic rings. The van der Waals surface area contributed by atoms with Crippen LogP contribution in [0, 0.1) is 13.8 Å². The summed E-state index contributed by atoms with van der Waals surface area (Å²) in [6, 6.07) is 16.2. The molecule has 0 unspecified atom stereocenters. The lowest BCUT2D eigenvalue weighted by Crippen LogP contribution is -2.13. The lowest BCUT2D eigenvalue weighted by Gasteiger charge is -2.11. The number of fused-ring (bicyclic) bond motifs is 1. The van der Waals surface area contributed by atoms with Crippen molar-refractivity contribution in [3.63, 3.8) is 0 Å². The molecular formula is C18H18N2O. The van der Waals surface area contributed by atoms with Crippen LogP contribution in [0.2, 0.25) is 0 Å². The second-order valence-corrected chi connectivity index (χ2v) is 5.35. The fourth-order valence-electron chi connectivity index (χ4n) is 2.90. The molecule has 0 aliphatic heterocycles. The van der Waals surface area contributed by atoms with Gasteiger partial charge in [-0.25, -0.2) is 0 Å². The van der Waals surface area contributed by atoms with Gasteiger partial charge in [0.2, 0.25) is 0 Å². The minimum absolute atomic E-state index is 0.368. The number of nitrogens with two attached hydrogens (primary N) is 1. The molecule has 0 saturated heterocycles. The zero-order chi connectivity index (χ0) is 15.0. The maximum Gasteiger partial charge on any atom is 0.251 e. The summed E-state index contributed by atoms with van der Waals surface area (Å²) in [5.41, 5.74) is 10.7. The van der Waals surface area contributed by atoms with Crippen LogP contribution in [0.5, 0.6) is 0 Å². The summed E-state index contributed by atoms with van der Waals surface area (Å²) < 4.78 is 2.16. The summed E-state index contributed by atoms with van der Waals surface area (Å²) in [4.78, 5) is 11.8. The predicted molar refractivity (Wildman–Crippen MR) is 85.5 cm³/mol. The Morgan fingerprint density at radius 1 is 1.05 bits per heavy atom. The second kappa shape index (κ2) is 5.09. The van der Waals surface area contributed by atoms with E-state index in [4.69, 9.17) is 5.73 Å². The molecule has 2 N–H and O–H groups in total. The first-order valence-corrected chi connectivity index (χ1v) is 7.01. The first-order chi connectivity index (χ1) is 10.1. The Labute approximate surface area is 124 Å². The van der Waals surface area contributed by atoms with E-state index in [1.165, 1.54) is 11.1 Å². The highest BCUT2D eigenvalue weighted by Crippen LogP contribution is 2.26. The van der Waals surface area contributed by atoms with Crippen LogP contribution in [0.1, 0.15) is 27.2 Å². The van der Waals surface area contributed by atoms with Gasteiger partial charge in [-0.15, -0.1) is 0 Å². The third kappa shape index (κ3) is 2.21. The molecule has 2 aromatic carbocycles. The van der Waals surface area contributed by atoms with Crippen molar-refractivity contribution >= 4 is 16.8 Å². The molecule has 1 amide bonds. The van der Waals surface area contributed by atoms with Gasteiger partial charge in [-0.2, -0.15) is 0 Å². The SMILES string of the molecule is Cc1ccccc1Cn1c(C)c(C(N)=O)c2ccccc21. The molecule has 0 aliphatic carbocycles. The van der Waals surface area contributed by atoms with Gasteiger partial charge in [0, 0.05) is 23.1 Å². The van der Waals surface area contributed by atoms with E-state index in [0.717, 1.165) is 23.1 Å². The summed E-state index contributed by atoms with van der Waals surface area (Å²) >= 11 is 0. The largest absolute Gasteiger partial charge is 0.366 e. The van der Waals surface area contributed by atoms with Gasteiger partial charge >= 0.3 is 0 Å². The Morgan fingerprint density at radius 2 is 1.71 bits per heavy atom. The molecule has 3 heteroatoms. The maximum atomic E-state index is 11.8. The highest BCUT2D eigenvalue weighted by Gasteiger charge is 2.17. The van der Waals surface area contributed by atoms with Gasteiger partial charge in [0.1, 0.15) is 0 Å². The number of carbonyl (C=O) groups is 1. The Balaban J connectivity index is 2.21. The molecule has 21 heavy (non-hydrogen) atoms. The van der Waals surface area contributed by atoms with E-state index >= 15 is 0 Å². The van der Waals surface area contributed by atoms with E-state index in [-0.39, 0.29) is 5.91 Å². The number of benzene rings is 2. The molecule has 1 aromatic heterocycles. The molecule has 0 spiro atoms. The first kappa shape index (κ1) is 13.4. The van der Waals surface area contributed by atoms with Gasteiger partial charge in [0.15, 0.2) is 0 Å². The monoisotopic (exact) mass is 278 g/mol. The van der Waals surface area contributed by atoms with Crippen molar-refractivity contribution in [3.05, 3.63) is 70.9 Å². The standard InChI is InChI=1S/C18H18N2O/c1-12-7-3-4-8-14(12)11-20-13(2)17(18(19)21)15-9-5-6-10-16(15)20/h3-10H,11H2,1-2H3,(H2,19,21). The van der Waals surface area contributed by atoms with Crippen LogP contribution in [0.3, 0.4) is 0 Å². The van der Waals surface area contributed by atoms with Crippen LogP contribution in [-0.2, 0) is 6.54 Å². The summed E-state index contributed by atoms with van der Waals surface area (Å²) in [5.74, 6) is -0.368. The second-order valence-electron chi connectivity index (χ2n) is 5.35.